The van der Waals surface area contributed by atoms with Gasteiger partial charge < -0.3 is 40.3 Å². The van der Waals surface area contributed by atoms with Crippen molar-refractivity contribution in [3.05, 3.63) is 11.6 Å². The Morgan fingerprint density at radius 1 is 1.41 bits per heavy atom. The van der Waals surface area contributed by atoms with Crippen molar-refractivity contribution < 1.29 is 49.4 Å². The summed E-state index contributed by atoms with van der Waals surface area (Å²) in [6.45, 7) is 3.18. The molecule has 0 radical (unpaired) electrons. The maximum atomic E-state index is 12.6. The summed E-state index contributed by atoms with van der Waals surface area (Å²) >= 11 is 0. The predicted molar refractivity (Wildman–Crippen MR) is 88.5 cm³/mol. The van der Waals surface area contributed by atoms with E-state index < -0.39 is 60.5 Å². The molecule has 0 spiro atoms. The Balaban J connectivity index is 2.95. The van der Waals surface area contributed by atoms with E-state index in [1.165, 1.54) is 20.8 Å². The van der Waals surface area contributed by atoms with Gasteiger partial charge in [0.05, 0.1) is 31.5 Å². The van der Waals surface area contributed by atoms with Crippen molar-refractivity contribution in [2.75, 3.05) is 13.2 Å². The number of aliphatic carboxylic acids is 2. The summed E-state index contributed by atoms with van der Waals surface area (Å²) in [5, 5.41) is 49.5. The van der Waals surface area contributed by atoms with E-state index in [0.29, 0.717) is 0 Å². The highest BCUT2D eigenvalue weighted by atomic mass is 16.6. The first-order valence-corrected chi connectivity index (χ1v) is 8.14. The Bertz CT molecular complexity index is 618. The normalized spacial score (nSPS) is 29.5. The van der Waals surface area contributed by atoms with Gasteiger partial charge in [0.2, 0.25) is 0 Å². The third kappa shape index (κ3) is 5.97. The summed E-state index contributed by atoms with van der Waals surface area (Å²) in [6, 6.07) is -1.06. The van der Waals surface area contributed by atoms with E-state index in [-0.39, 0.29) is 12.2 Å². The predicted octanol–water partition coefficient (Wildman–Crippen LogP) is -1.79. The van der Waals surface area contributed by atoms with Crippen molar-refractivity contribution in [2.45, 2.75) is 56.8 Å². The minimum absolute atomic E-state index is 0.182. The highest BCUT2D eigenvalue weighted by Crippen LogP contribution is 2.24. The number of nitrogens with one attached hydrogen (secondary N) is 1. The first-order valence-electron chi connectivity index (χ1n) is 8.14. The van der Waals surface area contributed by atoms with Gasteiger partial charge in [0.15, 0.2) is 5.60 Å². The van der Waals surface area contributed by atoms with Crippen LogP contribution in [0.25, 0.3) is 0 Å². The zero-order valence-corrected chi connectivity index (χ0v) is 15.2. The third-order valence-corrected chi connectivity index (χ3v) is 4.01. The molecule has 0 aromatic carbocycles. The van der Waals surface area contributed by atoms with Crippen molar-refractivity contribution in [1.29, 1.82) is 0 Å². The zero-order valence-electron chi connectivity index (χ0n) is 15.2. The SMILES string of the molecule is C/C(=C\C(C)(OC[C@H](C)O)C(=O)N[C@H]1CO[C@](O)(C(=O)O)CC1O)C(=O)O. The fraction of sp³-hybridized carbons (Fsp3) is 0.688. The van der Waals surface area contributed by atoms with Crippen molar-refractivity contribution in [3.8, 4) is 0 Å². The highest BCUT2D eigenvalue weighted by Gasteiger charge is 2.47. The molecule has 6 N–H and O–H groups in total. The number of aliphatic hydroxyl groups excluding tert-OH is 2. The lowest BCUT2D eigenvalue weighted by molar-refractivity contribution is -0.254. The number of ether oxygens (including phenoxy) is 2. The maximum Gasteiger partial charge on any atom is 0.364 e. The first-order chi connectivity index (χ1) is 12.3. The second-order valence-electron chi connectivity index (χ2n) is 6.65. The molecular formula is C16H25NO10. The van der Waals surface area contributed by atoms with Gasteiger partial charge >= 0.3 is 11.9 Å². The molecule has 1 saturated heterocycles. The molecule has 1 fully saturated rings. The van der Waals surface area contributed by atoms with Gasteiger partial charge in [-0.2, -0.15) is 0 Å². The van der Waals surface area contributed by atoms with Crippen LogP contribution in [0.1, 0.15) is 27.2 Å². The molecule has 0 bridgehead atoms. The van der Waals surface area contributed by atoms with Gasteiger partial charge in [-0.1, -0.05) is 0 Å². The molecule has 11 heteroatoms. The van der Waals surface area contributed by atoms with Gasteiger partial charge in [-0.05, 0) is 26.8 Å². The molecule has 0 saturated carbocycles. The Hall–Kier alpha value is -2.05. The van der Waals surface area contributed by atoms with E-state index in [1.807, 2.05) is 0 Å². The van der Waals surface area contributed by atoms with Crippen molar-refractivity contribution in [2.24, 2.45) is 0 Å². The monoisotopic (exact) mass is 391 g/mol. The molecule has 2 unspecified atom stereocenters. The fourth-order valence-electron chi connectivity index (χ4n) is 2.36. The van der Waals surface area contributed by atoms with Gasteiger partial charge in [0.1, 0.15) is 0 Å². The molecule has 1 aliphatic heterocycles. The van der Waals surface area contributed by atoms with Crippen LogP contribution in [0.15, 0.2) is 11.6 Å². The van der Waals surface area contributed by atoms with E-state index >= 15 is 0 Å². The Morgan fingerprint density at radius 2 is 2.00 bits per heavy atom. The number of hydrogen-bond donors (Lipinski definition) is 6. The summed E-state index contributed by atoms with van der Waals surface area (Å²) in [7, 11) is 0. The van der Waals surface area contributed by atoms with Crippen LogP contribution in [-0.2, 0) is 23.9 Å². The first kappa shape index (κ1) is 23.0. The lowest BCUT2D eigenvalue weighted by atomic mass is 9.96. The van der Waals surface area contributed by atoms with Crippen LogP contribution in [0.5, 0.6) is 0 Å². The maximum absolute atomic E-state index is 12.6. The van der Waals surface area contributed by atoms with Crippen molar-refractivity contribution >= 4 is 17.8 Å². The number of hydrogen-bond acceptors (Lipinski definition) is 8. The molecule has 0 aromatic rings. The van der Waals surface area contributed by atoms with Gasteiger partial charge in [-0.3, -0.25) is 4.79 Å². The van der Waals surface area contributed by atoms with Gasteiger partial charge in [-0.15, -0.1) is 0 Å². The van der Waals surface area contributed by atoms with E-state index in [1.54, 1.807) is 0 Å². The molecule has 27 heavy (non-hydrogen) atoms. The smallest absolute Gasteiger partial charge is 0.364 e. The summed E-state index contributed by atoms with van der Waals surface area (Å²) < 4.78 is 10.2. The minimum atomic E-state index is -2.56. The van der Waals surface area contributed by atoms with Crippen molar-refractivity contribution in [3.63, 3.8) is 0 Å². The van der Waals surface area contributed by atoms with Crippen LogP contribution < -0.4 is 5.32 Å². The van der Waals surface area contributed by atoms with E-state index in [4.69, 9.17) is 19.7 Å². The van der Waals surface area contributed by atoms with Crippen LogP contribution in [-0.4, -0.2) is 86.2 Å². The van der Waals surface area contributed by atoms with Crippen LogP contribution in [0.4, 0.5) is 0 Å². The number of carbonyl (C=O) groups excluding carboxylic acids is 1. The minimum Gasteiger partial charge on any atom is -0.478 e. The number of carboxylic acids is 2. The van der Waals surface area contributed by atoms with Crippen LogP contribution in [0, 0.1) is 0 Å². The van der Waals surface area contributed by atoms with Crippen LogP contribution in [0.3, 0.4) is 0 Å². The van der Waals surface area contributed by atoms with E-state index in [0.717, 1.165) is 6.08 Å². The zero-order chi connectivity index (χ0) is 21.0. The Kier molecular flexibility index (Phi) is 7.46. The average molecular weight is 391 g/mol. The number of carbonyl (C=O) groups is 3. The number of carboxylic acid groups (broad SMARTS) is 2. The molecule has 1 heterocycles. The topological polar surface area (TPSA) is 183 Å². The molecule has 5 atom stereocenters. The van der Waals surface area contributed by atoms with Crippen LogP contribution >= 0.6 is 0 Å². The van der Waals surface area contributed by atoms with E-state index in [9.17, 15) is 29.7 Å². The Labute approximate surface area is 155 Å². The van der Waals surface area contributed by atoms with Gasteiger partial charge in [0, 0.05) is 12.0 Å². The van der Waals surface area contributed by atoms with Gasteiger partial charge in [0.25, 0.3) is 11.7 Å². The number of rotatable bonds is 8. The highest BCUT2D eigenvalue weighted by molar-refractivity contribution is 5.92. The lowest BCUT2D eigenvalue weighted by Gasteiger charge is -2.38. The fourth-order valence-corrected chi connectivity index (χ4v) is 2.36. The molecule has 1 amide bonds. The third-order valence-electron chi connectivity index (χ3n) is 4.01. The summed E-state index contributed by atoms with van der Waals surface area (Å²) in [5.41, 5.74) is -1.97. The second-order valence-corrected chi connectivity index (χ2v) is 6.65. The van der Waals surface area contributed by atoms with E-state index in [2.05, 4.69) is 5.32 Å². The quantitative estimate of drug-likeness (QED) is 0.258. The average Bonchev–Trinajstić information content (AvgIpc) is 2.55. The Morgan fingerprint density at radius 3 is 2.44 bits per heavy atom. The standard InChI is InChI=1S/C16H25NO10/c1-8(12(20)21)4-15(3,26-6-9(2)18)13(22)17-10-7-27-16(25,14(23)24)5-11(10)19/h4,9-11,18-19,25H,5-7H2,1-3H3,(H,17,22)(H,20,21)(H,23,24)/b8-4+/t9-,10-,11?,15?,16-/m0/s1. The number of amides is 1. The second kappa shape index (κ2) is 8.76. The molecular weight excluding hydrogens is 366 g/mol. The van der Waals surface area contributed by atoms with Crippen molar-refractivity contribution in [1.82, 2.24) is 5.32 Å². The molecule has 0 aliphatic carbocycles. The molecule has 154 valence electrons. The molecule has 11 nitrogen and oxygen atoms in total. The molecule has 1 aliphatic rings. The summed E-state index contributed by atoms with van der Waals surface area (Å²) in [5.74, 6) is -6.34. The summed E-state index contributed by atoms with van der Waals surface area (Å²) in [4.78, 5) is 34.7. The van der Waals surface area contributed by atoms with Gasteiger partial charge in [-0.25, -0.2) is 9.59 Å². The largest absolute Gasteiger partial charge is 0.478 e. The summed E-state index contributed by atoms with van der Waals surface area (Å²) in [6.07, 6.45) is -1.99. The molecule has 1 rings (SSSR count). The lowest BCUT2D eigenvalue weighted by Crippen LogP contribution is -2.61. The number of aliphatic hydroxyl groups is 3. The molecule has 0 aromatic heterocycles. The van der Waals surface area contributed by atoms with Crippen LogP contribution in [0.2, 0.25) is 0 Å².